The molecule has 0 aliphatic rings. The molecule has 12 aromatic rings. The molecule has 0 aliphatic carbocycles. The molecule has 0 bridgehead atoms. The Bertz CT molecular complexity index is 3530. The zero-order chi connectivity index (χ0) is 37.5. The maximum Gasteiger partial charge on any atom is 0.145 e. The lowest BCUT2D eigenvalue weighted by Crippen LogP contribution is -2.10. The third kappa shape index (κ3) is 5.03. The molecular weight excluding hydrogens is 711 g/mol. The van der Waals surface area contributed by atoms with E-state index in [9.17, 15) is 0 Å². The summed E-state index contributed by atoms with van der Waals surface area (Å²) in [7, 11) is 0. The van der Waals surface area contributed by atoms with E-state index in [1.54, 1.807) is 0 Å². The zero-order valence-corrected chi connectivity index (χ0v) is 31.6. The van der Waals surface area contributed by atoms with Crippen LogP contribution in [0, 0.1) is 0 Å². The molecule has 0 fully saturated rings. The van der Waals surface area contributed by atoms with Crippen molar-refractivity contribution in [2.75, 3.05) is 4.90 Å². The largest absolute Gasteiger partial charge is 0.455 e. The monoisotopic (exact) mass is 743 g/mol. The summed E-state index contributed by atoms with van der Waals surface area (Å²) >= 11 is 1.86. The van der Waals surface area contributed by atoms with Crippen molar-refractivity contribution in [2.45, 2.75) is 0 Å². The molecule has 10 aromatic carbocycles. The Balaban J connectivity index is 1.10. The van der Waals surface area contributed by atoms with Crippen LogP contribution in [0.15, 0.2) is 205 Å². The first-order valence-corrected chi connectivity index (χ1v) is 20.2. The quantitative estimate of drug-likeness (QED) is 0.163. The van der Waals surface area contributed by atoms with E-state index in [2.05, 4.69) is 205 Å². The fourth-order valence-corrected chi connectivity index (χ4v) is 10.2. The van der Waals surface area contributed by atoms with E-state index in [-0.39, 0.29) is 0 Å². The molecule has 2 nitrogen and oxygen atoms in total. The van der Waals surface area contributed by atoms with Crippen molar-refractivity contribution >= 4 is 103 Å². The van der Waals surface area contributed by atoms with Crippen molar-refractivity contribution in [2.24, 2.45) is 0 Å². The molecule has 0 aliphatic heterocycles. The summed E-state index contributed by atoms with van der Waals surface area (Å²) in [5, 5.41) is 12.2. The van der Waals surface area contributed by atoms with Crippen LogP contribution < -0.4 is 4.90 Å². The van der Waals surface area contributed by atoms with Gasteiger partial charge in [-0.2, -0.15) is 0 Å². The van der Waals surface area contributed by atoms with Gasteiger partial charge in [0.15, 0.2) is 0 Å². The van der Waals surface area contributed by atoms with Gasteiger partial charge in [0.05, 0.1) is 11.1 Å². The lowest BCUT2D eigenvalue weighted by molar-refractivity contribution is 0.670. The molecule has 0 atom stereocenters. The second-order valence-corrected chi connectivity index (χ2v) is 15.9. The number of thiophene rings is 1. The molecule has 0 unspecified atom stereocenters. The zero-order valence-electron chi connectivity index (χ0n) is 30.8. The second kappa shape index (κ2) is 12.7. The number of rotatable bonds is 5. The highest BCUT2D eigenvalue weighted by Crippen LogP contribution is 2.48. The van der Waals surface area contributed by atoms with Gasteiger partial charge in [-0.25, -0.2) is 0 Å². The van der Waals surface area contributed by atoms with Crippen LogP contribution in [0.25, 0.3) is 96.7 Å². The molecule has 0 saturated carbocycles. The first-order chi connectivity index (χ1) is 28.3. The number of benzene rings is 10. The van der Waals surface area contributed by atoms with Crippen molar-refractivity contribution in [1.29, 1.82) is 0 Å². The van der Waals surface area contributed by atoms with E-state index < -0.39 is 0 Å². The summed E-state index contributed by atoms with van der Waals surface area (Å²) in [5.41, 5.74) is 9.67. The number of fused-ring (bicyclic) bond motifs is 10. The summed E-state index contributed by atoms with van der Waals surface area (Å²) in [6.07, 6.45) is 0. The lowest BCUT2D eigenvalue weighted by atomic mass is 9.95. The van der Waals surface area contributed by atoms with Crippen molar-refractivity contribution in [1.82, 2.24) is 0 Å². The van der Waals surface area contributed by atoms with Crippen LogP contribution in [0.3, 0.4) is 0 Å². The normalized spacial score (nSPS) is 11.9. The average molecular weight is 744 g/mol. The fraction of sp³-hybridized carbons (Fsp3) is 0. The van der Waals surface area contributed by atoms with Crippen molar-refractivity contribution < 1.29 is 4.42 Å². The average Bonchev–Trinajstić information content (AvgIpc) is 3.86. The summed E-state index contributed by atoms with van der Waals surface area (Å²) in [6.45, 7) is 0. The van der Waals surface area contributed by atoms with E-state index in [1.165, 1.54) is 63.6 Å². The molecule has 57 heavy (non-hydrogen) atoms. The summed E-state index contributed by atoms with van der Waals surface area (Å²) in [4.78, 5) is 2.41. The highest BCUT2D eigenvalue weighted by atomic mass is 32.1. The molecule has 0 saturated heterocycles. The third-order valence-corrected chi connectivity index (χ3v) is 12.8. The summed E-state index contributed by atoms with van der Waals surface area (Å²) < 4.78 is 9.51. The van der Waals surface area contributed by atoms with Crippen LogP contribution in [0.4, 0.5) is 17.1 Å². The predicted octanol–water partition coefficient (Wildman–Crippen LogP) is 16.2. The number of anilines is 3. The Hall–Kier alpha value is -7.20. The van der Waals surface area contributed by atoms with Gasteiger partial charge in [-0.3, -0.25) is 0 Å². The Morgan fingerprint density at radius 2 is 1.00 bits per heavy atom. The van der Waals surface area contributed by atoms with Crippen LogP contribution in [0.5, 0.6) is 0 Å². The molecule has 0 radical (unpaired) electrons. The van der Waals surface area contributed by atoms with Crippen LogP contribution in [0.1, 0.15) is 0 Å². The van der Waals surface area contributed by atoms with Crippen LogP contribution in [-0.4, -0.2) is 0 Å². The van der Waals surface area contributed by atoms with Gasteiger partial charge in [0.2, 0.25) is 0 Å². The number of furan rings is 1. The standard InChI is InChI=1S/C54H33NOS/c1-4-15-41-34(11-1)13-9-19-44(41)45-31-32-48(53-46-16-5-7-20-49(46)56-54(45)53)55(39-29-30-42-37(33-39)24-23-35-12-2-3-14-40(35)42)38-27-25-36(26-28-38)43-18-10-22-51-52(43)47-17-6-8-21-50(47)57-51/h1-33H. The van der Waals surface area contributed by atoms with Gasteiger partial charge in [-0.1, -0.05) is 146 Å². The van der Waals surface area contributed by atoms with Gasteiger partial charge in [0.25, 0.3) is 0 Å². The SMILES string of the molecule is c1ccc2c(-c3ccc(N(c4ccc(-c5cccc6sc7ccccc7c56)cc4)c4ccc5c(ccc6ccccc65)c4)c4c3oc3ccccc34)cccc2c1. The van der Waals surface area contributed by atoms with Crippen molar-refractivity contribution in [3.63, 3.8) is 0 Å². The van der Waals surface area contributed by atoms with E-state index in [0.717, 1.165) is 50.1 Å². The van der Waals surface area contributed by atoms with Gasteiger partial charge in [-0.15, -0.1) is 11.3 Å². The maximum absolute atomic E-state index is 6.89. The number of hydrogen-bond donors (Lipinski definition) is 0. The smallest absolute Gasteiger partial charge is 0.145 e. The van der Waals surface area contributed by atoms with Gasteiger partial charge in [0, 0.05) is 42.5 Å². The summed E-state index contributed by atoms with van der Waals surface area (Å²) in [6, 6.07) is 72.7. The van der Waals surface area contributed by atoms with Crippen LogP contribution in [-0.2, 0) is 0 Å². The molecule has 2 heterocycles. The van der Waals surface area contributed by atoms with Crippen molar-refractivity contribution in [3.8, 4) is 22.3 Å². The minimum Gasteiger partial charge on any atom is -0.455 e. The molecule has 0 spiro atoms. The van der Waals surface area contributed by atoms with Crippen LogP contribution in [0.2, 0.25) is 0 Å². The molecule has 12 rings (SSSR count). The fourth-order valence-electron chi connectivity index (χ4n) is 9.04. The van der Waals surface area contributed by atoms with E-state index >= 15 is 0 Å². The number of hydrogen-bond acceptors (Lipinski definition) is 3. The van der Waals surface area contributed by atoms with Gasteiger partial charge in [0.1, 0.15) is 11.2 Å². The molecule has 2 aromatic heterocycles. The lowest BCUT2D eigenvalue weighted by Gasteiger charge is -2.27. The first kappa shape index (κ1) is 32.1. The maximum atomic E-state index is 6.89. The molecule has 266 valence electrons. The van der Waals surface area contributed by atoms with Gasteiger partial charge < -0.3 is 9.32 Å². The van der Waals surface area contributed by atoms with E-state index in [0.29, 0.717) is 0 Å². The number of nitrogens with zero attached hydrogens (tertiary/aromatic N) is 1. The highest BCUT2D eigenvalue weighted by molar-refractivity contribution is 7.25. The Morgan fingerprint density at radius 3 is 1.88 bits per heavy atom. The number of para-hydroxylation sites is 1. The minimum absolute atomic E-state index is 0.873. The molecular formula is C54H33NOS. The Labute approximate surface area is 333 Å². The van der Waals surface area contributed by atoms with Gasteiger partial charge in [-0.05, 0) is 104 Å². The molecule has 3 heteroatoms. The summed E-state index contributed by atoms with van der Waals surface area (Å²) in [5.74, 6) is 0. The first-order valence-electron chi connectivity index (χ1n) is 19.4. The molecule has 0 N–H and O–H groups in total. The highest BCUT2D eigenvalue weighted by Gasteiger charge is 2.23. The molecule has 0 amide bonds. The Kier molecular flexibility index (Phi) is 7.13. The topological polar surface area (TPSA) is 16.4 Å². The second-order valence-electron chi connectivity index (χ2n) is 14.8. The van der Waals surface area contributed by atoms with E-state index in [4.69, 9.17) is 4.42 Å². The third-order valence-electron chi connectivity index (χ3n) is 11.7. The minimum atomic E-state index is 0.873. The van der Waals surface area contributed by atoms with Crippen LogP contribution >= 0.6 is 11.3 Å². The predicted molar refractivity (Wildman–Crippen MR) is 245 cm³/mol. The van der Waals surface area contributed by atoms with E-state index in [1.807, 2.05) is 11.3 Å². The Morgan fingerprint density at radius 1 is 0.368 bits per heavy atom. The van der Waals surface area contributed by atoms with Crippen molar-refractivity contribution in [3.05, 3.63) is 200 Å². The van der Waals surface area contributed by atoms with Gasteiger partial charge >= 0.3 is 0 Å².